The third-order valence-electron chi connectivity index (χ3n) is 3.42. The molecule has 1 aliphatic heterocycles. The highest BCUT2D eigenvalue weighted by atomic mass is 35.5. The first-order chi connectivity index (χ1) is 8.95. The highest BCUT2D eigenvalue weighted by molar-refractivity contribution is 6.31. The molecule has 4 nitrogen and oxygen atoms in total. The third-order valence-corrected chi connectivity index (χ3v) is 3.70. The van der Waals surface area contributed by atoms with Gasteiger partial charge in [0, 0.05) is 18.2 Å². The van der Waals surface area contributed by atoms with Gasteiger partial charge < -0.3 is 15.2 Å². The summed E-state index contributed by atoms with van der Waals surface area (Å²) in [6, 6.07) is 1.11. The van der Waals surface area contributed by atoms with Crippen LogP contribution in [0, 0.1) is 18.7 Å². The molecular formula is C13H15ClFNO3. The second-order valence-electron chi connectivity index (χ2n) is 4.67. The molecule has 0 amide bonds. The van der Waals surface area contributed by atoms with Crippen molar-refractivity contribution in [3.8, 4) is 5.75 Å². The molecule has 0 aliphatic carbocycles. The first-order valence-corrected chi connectivity index (χ1v) is 6.32. The molecule has 1 heterocycles. The molecule has 2 rings (SSSR count). The maximum absolute atomic E-state index is 14.2. The largest absolute Gasteiger partial charge is 0.496 e. The van der Waals surface area contributed by atoms with Crippen LogP contribution in [-0.2, 0) is 4.79 Å². The van der Waals surface area contributed by atoms with Gasteiger partial charge in [-0.3, -0.25) is 4.79 Å². The summed E-state index contributed by atoms with van der Waals surface area (Å²) in [5.41, 5.74) is 1.04. The van der Waals surface area contributed by atoms with Crippen LogP contribution in [-0.4, -0.2) is 24.7 Å². The monoisotopic (exact) mass is 287 g/mol. The molecule has 6 heteroatoms. The van der Waals surface area contributed by atoms with Crippen molar-refractivity contribution in [2.75, 3.05) is 13.7 Å². The molecule has 1 aliphatic rings. The fourth-order valence-corrected chi connectivity index (χ4v) is 2.75. The molecule has 1 aromatic rings. The molecule has 0 aromatic heterocycles. The van der Waals surface area contributed by atoms with Gasteiger partial charge in [-0.1, -0.05) is 11.6 Å². The smallest absolute Gasteiger partial charge is 0.307 e. The molecule has 1 saturated heterocycles. The molecule has 2 N–H and O–H groups in total. The van der Waals surface area contributed by atoms with E-state index in [4.69, 9.17) is 21.4 Å². The van der Waals surface area contributed by atoms with Crippen LogP contribution in [0.3, 0.4) is 0 Å². The van der Waals surface area contributed by atoms with Crippen LogP contribution in [0.4, 0.5) is 4.39 Å². The fraction of sp³-hybridized carbons (Fsp3) is 0.462. The van der Waals surface area contributed by atoms with Crippen LogP contribution >= 0.6 is 11.6 Å². The molecule has 2 unspecified atom stereocenters. The summed E-state index contributed by atoms with van der Waals surface area (Å²) < 4.78 is 19.4. The van der Waals surface area contributed by atoms with Gasteiger partial charge in [0.15, 0.2) is 0 Å². The summed E-state index contributed by atoms with van der Waals surface area (Å²) in [7, 11) is 1.46. The first-order valence-electron chi connectivity index (χ1n) is 5.94. The lowest BCUT2D eigenvalue weighted by atomic mass is 9.97. The van der Waals surface area contributed by atoms with Gasteiger partial charge in [0.25, 0.3) is 0 Å². The van der Waals surface area contributed by atoms with Crippen molar-refractivity contribution < 1.29 is 19.0 Å². The van der Waals surface area contributed by atoms with E-state index < -0.39 is 23.7 Å². The second-order valence-corrected chi connectivity index (χ2v) is 5.08. The summed E-state index contributed by atoms with van der Waals surface area (Å²) in [6.07, 6.45) is 0.322. The lowest BCUT2D eigenvalue weighted by molar-refractivity contribution is -0.141. The minimum absolute atomic E-state index is 0.0221. The predicted molar refractivity (Wildman–Crippen MR) is 69.2 cm³/mol. The van der Waals surface area contributed by atoms with Crippen molar-refractivity contribution in [2.45, 2.75) is 19.4 Å². The predicted octanol–water partition coefficient (Wildman–Crippen LogP) is 2.53. The third kappa shape index (κ3) is 2.53. The number of nitrogens with one attached hydrogen (secondary N) is 1. The summed E-state index contributed by atoms with van der Waals surface area (Å²) in [5, 5.41) is 12.0. The zero-order valence-electron chi connectivity index (χ0n) is 10.7. The van der Waals surface area contributed by atoms with Crippen LogP contribution in [0.1, 0.15) is 23.6 Å². The molecule has 0 radical (unpaired) electrons. The number of ether oxygens (including phenoxy) is 1. The van der Waals surface area contributed by atoms with Crippen LogP contribution in [0.15, 0.2) is 6.07 Å². The van der Waals surface area contributed by atoms with Gasteiger partial charge in [-0.25, -0.2) is 4.39 Å². The molecule has 2 atom stereocenters. The Labute approximate surface area is 115 Å². The normalized spacial score (nSPS) is 22.5. The summed E-state index contributed by atoms with van der Waals surface area (Å²) >= 11 is 5.85. The quantitative estimate of drug-likeness (QED) is 0.897. The lowest BCUT2D eigenvalue weighted by Crippen LogP contribution is -2.18. The number of hydrogen-bond donors (Lipinski definition) is 2. The fourth-order valence-electron chi connectivity index (χ4n) is 2.49. The molecule has 0 spiro atoms. The Morgan fingerprint density at radius 1 is 1.63 bits per heavy atom. The van der Waals surface area contributed by atoms with Crippen molar-refractivity contribution in [3.05, 3.63) is 28.0 Å². The minimum atomic E-state index is -0.881. The van der Waals surface area contributed by atoms with E-state index in [0.717, 1.165) is 5.56 Å². The van der Waals surface area contributed by atoms with Crippen molar-refractivity contribution in [1.29, 1.82) is 0 Å². The minimum Gasteiger partial charge on any atom is -0.496 e. The highest BCUT2D eigenvalue weighted by Crippen LogP contribution is 2.39. The number of benzene rings is 1. The van der Waals surface area contributed by atoms with Gasteiger partial charge in [0.05, 0.1) is 18.1 Å². The summed E-state index contributed by atoms with van der Waals surface area (Å²) in [4.78, 5) is 11.0. The number of hydrogen-bond acceptors (Lipinski definition) is 3. The van der Waals surface area contributed by atoms with Crippen molar-refractivity contribution >= 4 is 17.6 Å². The Morgan fingerprint density at radius 3 is 2.84 bits per heavy atom. The van der Waals surface area contributed by atoms with E-state index in [1.165, 1.54) is 13.2 Å². The van der Waals surface area contributed by atoms with Crippen LogP contribution in [0.5, 0.6) is 5.75 Å². The number of carboxylic acid groups (broad SMARTS) is 1. The number of rotatable bonds is 3. The number of aliphatic carboxylic acids is 1. The average Bonchev–Trinajstić information content (AvgIpc) is 2.82. The zero-order valence-corrected chi connectivity index (χ0v) is 11.4. The van der Waals surface area contributed by atoms with Gasteiger partial charge in [-0.15, -0.1) is 0 Å². The average molecular weight is 288 g/mol. The SMILES string of the molecule is COc1c(C)cc(Cl)c(F)c1C1CC(C(=O)O)CN1. The molecule has 1 fully saturated rings. The van der Waals surface area contributed by atoms with E-state index >= 15 is 0 Å². The van der Waals surface area contributed by atoms with E-state index in [9.17, 15) is 9.18 Å². The maximum atomic E-state index is 14.2. The van der Waals surface area contributed by atoms with E-state index in [2.05, 4.69) is 5.32 Å². The molecule has 0 saturated carbocycles. The Balaban J connectivity index is 2.42. The Kier molecular flexibility index (Phi) is 3.96. The Morgan fingerprint density at radius 2 is 2.32 bits per heavy atom. The lowest BCUT2D eigenvalue weighted by Gasteiger charge is -2.18. The summed E-state index contributed by atoms with van der Waals surface area (Å²) in [6.45, 7) is 2.09. The van der Waals surface area contributed by atoms with Crippen molar-refractivity contribution in [1.82, 2.24) is 5.32 Å². The maximum Gasteiger partial charge on any atom is 0.307 e. The van der Waals surface area contributed by atoms with E-state index in [-0.39, 0.29) is 5.02 Å². The zero-order chi connectivity index (χ0) is 14.2. The molecule has 0 bridgehead atoms. The first kappa shape index (κ1) is 14.1. The van der Waals surface area contributed by atoms with Crippen LogP contribution in [0.25, 0.3) is 0 Å². The standard InChI is InChI=1S/C13H15ClFNO3/c1-6-3-8(14)11(15)10(12(6)19-2)9-4-7(5-16-9)13(17)18/h3,7,9,16H,4-5H2,1-2H3,(H,17,18). The van der Waals surface area contributed by atoms with Crippen molar-refractivity contribution in [2.24, 2.45) is 5.92 Å². The van der Waals surface area contributed by atoms with Gasteiger partial charge in [0.2, 0.25) is 0 Å². The number of methoxy groups -OCH3 is 1. The number of carboxylic acids is 1. The Bertz CT molecular complexity index is 521. The topological polar surface area (TPSA) is 58.6 Å². The number of carbonyl (C=O) groups is 1. The molecule has 1 aromatic carbocycles. The van der Waals surface area contributed by atoms with Crippen molar-refractivity contribution in [3.63, 3.8) is 0 Å². The van der Waals surface area contributed by atoms with Gasteiger partial charge >= 0.3 is 5.97 Å². The second kappa shape index (κ2) is 5.35. The number of halogens is 2. The van der Waals surface area contributed by atoms with Gasteiger partial charge in [-0.05, 0) is 25.0 Å². The molecule has 19 heavy (non-hydrogen) atoms. The van der Waals surface area contributed by atoms with Gasteiger partial charge in [-0.2, -0.15) is 0 Å². The van der Waals surface area contributed by atoms with E-state index in [1.807, 2.05) is 0 Å². The summed E-state index contributed by atoms with van der Waals surface area (Å²) in [5.74, 6) is -1.53. The number of aryl methyl sites for hydroxylation is 1. The highest BCUT2D eigenvalue weighted by Gasteiger charge is 2.34. The van der Waals surface area contributed by atoms with E-state index in [1.54, 1.807) is 6.92 Å². The molecule has 104 valence electrons. The Hall–Kier alpha value is -1.33. The van der Waals surface area contributed by atoms with E-state index in [0.29, 0.717) is 24.3 Å². The molecular weight excluding hydrogens is 273 g/mol. The van der Waals surface area contributed by atoms with Crippen LogP contribution in [0.2, 0.25) is 5.02 Å². The van der Waals surface area contributed by atoms with Gasteiger partial charge in [0.1, 0.15) is 11.6 Å². The van der Waals surface area contributed by atoms with Crippen LogP contribution < -0.4 is 10.1 Å².